The van der Waals surface area contributed by atoms with Crippen LogP contribution in [0.4, 0.5) is 10.5 Å². The average Bonchev–Trinajstić information content (AvgIpc) is 2.53. The first-order valence-electron chi connectivity index (χ1n) is 8.49. The van der Waals surface area contributed by atoms with Gasteiger partial charge in [0.15, 0.2) is 0 Å². The van der Waals surface area contributed by atoms with E-state index in [1.165, 1.54) is 18.5 Å². The van der Waals surface area contributed by atoms with Gasteiger partial charge in [-0.1, -0.05) is 26.0 Å². The third-order valence-electron chi connectivity index (χ3n) is 4.30. The molecule has 0 spiro atoms. The summed E-state index contributed by atoms with van der Waals surface area (Å²) in [4.78, 5) is 14.2. The van der Waals surface area contributed by atoms with Crippen molar-refractivity contribution >= 4 is 11.7 Å². The molecule has 1 saturated heterocycles. The van der Waals surface area contributed by atoms with E-state index in [1.54, 1.807) is 0 Å². The van der Waals surface area contributed by atoms with Crippen LogP contribution in [0.1, 0.15) is 51.6 Å². The molecule has 2 N–H and O–H groups in total. The normalized spacial score (nSPS) is 19.6. The van der Waals surface area contributed by atoms with Crippen LogP contribution < -0.4 is 15.5 Å². The summed E-state index contributed by atoms with van der Waals surface area (Å²) in [6.07, 6.45) is 3.56. The summed E-state index contributed by atoms with van der Waals surface area (Å²) in [6, 6.07) is 8.53. The van der Waals surface area contributed by atoms with E-state index in [2.05, 4.69) is 46.7 Å². The number of piperidine rings is 1. The first kappa shape index (κ1) is 16.7. The van der Waals surface area contributed by atoms with Gasteiger partial charge in [0.1, 0.15) is 0 Å². The van der Waals surface area contributed by atoms with Gasteiger partial charge in [0, 0.05) is 25.3 Å². The molecule has 1 aliphatic heterocycles. The Morgan fingerprint density at radius 3 is 2.73 bits per heavy atom. The van der Waals surface area contributed by atoms with Gasteiger partial charge in [-0.05, 0) is 49.8 Å². The monoisotopic (exact) mass is 303 g/mol. The van der Waals surface area contributed by atoms with Crippen molar-refractivity contribution in [2.24, 2.45) is 5.92 Å². The summed E-state index contributed by atoms with van der Waals surface area (Å²) in [5, 5.41) is 5.82. The summed E-state index contributed by atoms with van der Waals surface area (Å²) in [7, 11) is 0. The van der Waals surface area contributed by atoms with Gasteiger partial charge in [0.05, 0.1) is 6.04 Å². The highest BCUT2D eigenvalue weighted by atomic mass is 16.2. The summed E-state index contributed by atoms with van der Waals surface area (Å²) in [5.41, 5.74) is 2.43. The molecule has 2 amide bonds. The van der Waals surface area contributed by atoms with Gasteiger partial charge in [-0.3, -0.25) is 0 Å². The van der Waals surface area contributed by atoms with Crippen LogP contribution in [0, 0.1) is 5.92 Å². The Balaban J connectivity index is 1.91. The van der Waals surface area contributed by atoms with Gasteiger partial charge in [0.2, 0.25) is 0 Å². The molecular weight excluding hydrogens is 274 g/mol. The zero-order chi connectivity index (χ0) is 15.9. The van der Waals surface area contributed by atoms with Crippen molar-refractivity contribution in [3.8, 4) is 0 Å². The first-order chi connectivity index (χ1) is 10.6. The highest BCUT2D eigenvalue weighted by Crippen LogP contribution is 2.24. The van der Waals surface area contributed by atoms with Gasteiger partial charge in [-0.2, -0.15) is 0 Å². The SMILES string of the molecule is CCCNC(=O)N[C@@H](C)c1ccc(N2CCC[C@@H](C)C2)cc1. The van der Waals surface area contributed by atoms with E-state index >= 15 is 0 Å². The number of anilines is 1. The van der Waals surface area contributed by atoms with E-state index in [0.29, 0.717) is 6.54 Å². The van der Waals surface area contributed by atoms with Crippen molar-refractivity contribution in [1.82, 2.24) is 10.6 Å². The fraction of sp³-hybridized carbons (Fsp3) is 0.611. The van der Waals surface area contributed by atoms with E-state index in [9.17, 15) is 4.79 Å². The first-order valence-corrected chi connectivity index (χ1v) is 8.49. The Kier molecular flexibility index (Phi) is 6.10. The summed E-state index contributed by atoms with van der Waals surface area (Å²) in [6.45, 7) is 9.39. The number of amides is 2. The molecule has 0 radical (unpaired) electrons. The van der Waals surface area contributed by atoms with Crippen molar-refractivity contribution in [1.29, 1.82) is 0 Å². The topological polar surface area (TPSA) is 44.4 Å². The second-order valence-corrected chi connectivity index (χ2v) is 6.41. The zero-order valence-corrected chi connectivity index (χ0v) is 14.1. The third-order valence-corrected chi connectivity index (χ3v) is 4.30. The fourth-order valence-electron chi connectivity index (χ4n) is 2.97. The number of carbonyl (C=O) groups excluding carboxylic acids is 1. The van der Waals surface area contributed by atoms with Crippen LogP contribution in [0.2, 0.25) is 0 Å². The van der Waals surface area contributed by atoms with Crippen LogP contribution in [-0.4, -0.2) is 25.7 Å². The molecule has 4 heteroatoms. The number of urea groups is 1. The molecule has 1 heterocycles. The Morgan fingerprint density at radius 1 is 1.36 bits per heavy atom. The summed E-state index contributed by atoms with van der Waals surface area (Å²) >= 11 is 0. The number of hydrogen-bond donors (Lipinski definition) is 2. The Bertz CT molecular complexity index is 472. The Hall–Kier alpha value is -1.71. The highest BCUT2D eigenvalue weighted by Gasteiger charge is 2.17. The van der Waals surface area contributed by atoms with Crippen molar-refractivity contribution in [3.05, 3.63) is 29.8 Å². The maximum Gasteiger partial charge on any atom is 0.315 e. The van der Waals surface area contributed by atoms with Gasteiger partial charge in [0.25, 0.3) is 0 Å². The molecule has 0 unspecified atom stereocenters. The van der Waals surface area contributed by atoms with Crippen LogP contribution in [0.3, 0.4) is 0 Å². The Labute approximate surface area is 134 Å². The lowest BCUT2D eigenvalue weighted by Crippen LogP contribution is -2.37. The van der Waals surface area contributed by atoms with E-state index in [4.69, 9.17) is 0 Å². The summed E-state index contributed by atoms with van der Waals surface area (Å²) in [5.74, 6) is 0.774. The molecule has 0 saturated carbocycles. The van der Waals surface area contributed by atoms with Crippen LogP contribution in [0.25, 0.3) is 0 Å². The van der Waals surface area contributed by atoms with Gasteiger partial charge in [-0.15, -0.1) is 0 Å². The van der Waals surface area contributed by atoms with Crippen molar-refractivity contribution in [3.63, 3.8) is 0 Å². The van der Waals surface area contributed by atoms with Crippen molar-refractivity contribution < 1.29 is 4.79 Å². The maximum atomic E-state index is 11.7. The minimum atomic E-state index is -0.0942. The van der Waals surface area contributed by atoms with Crippen molar-refractivity contribution in [2.45, 2.75) is 46.1 Å². The van der Waals surface area contributed by atoms with E-state index in [1.807, 2.05) is 13.8 Å². The molecule has 2 atom stereocenters. The fourth-order valence-corrected chi connectivity index (χ4v) is 2.97. The largest absolute Gasteiger partial charge is 0.371 e. The van der Waals surface area contributed by atoms with E-state index in [-0.39, 0.29) is 12.1 Å². The highest BCUT2D eigenvalue weighted by molar-refractivity contribution is 5.74. The molecule has 0 aromatic heterocycles. The molecule has 2 rings (SSSR count). The molecule has 0 bridgehead atoms. The predicted octanol–water partition coefficient (Wildman–Crippen LogP) is 3.69. The lowest BCUT2D eigenvalue weighted by atomic mass is 9.99. The van der Waals surface area contributed by atoms with Crippen LogP contribution in [0.15, 0.2) is 24.3 Å². The molecule has 1 aromatic carbocycles. The molecule has 1 aliphatic rings. The smallest absolute Gasteiger partial charge is 0.315 e. The molecule has 0 aliphatic carbocycles. The standard InChI is InChI=1S/C18H29N3O/c1-4-11-19-18(22)20-15(3)16-7-9-17(10-8-16)21-12-5-6-14(2)13-21/h7-10,14-15H,4-6,11-13H2,1-3H3,(H2,19,20,22)/t14-,15+/m1/s1. The Morgan fingerprint density at radius 2 is 2.09 bits per heavy atom. The third kappa shape index (κ3) is 4.65. The number of benzene rings is 1. The minimum absolute atomic E-state index is 0.0196. The predicted molar refractivity (Wildman–Crippen MR) is 92.3 cm³/mol. The number of rotatable bonds is 5. The van der Waals surface area contributed by atoms with Crippen LogP contribution in [-0.2, 0) is 0 Å². The van der Waals surface area contributed by atoms with Crippen LogP contribution >= 0.6 is 0 Å². The summed E-state index contributed by atoms with van der Waals surface area (Å²) < 4.78 is 0. The second kappa shape index (κ2) is 8.06. The zero-order valence-electron chi connectivity index (χ0n) is 14.1. The van der Waals surface area contributed by atoms with Crippen molar-refractivity contribution in [2.75, 3.05) is 24.5 Å². The molecular formula is C18H29N3O. The van der Waals surface area contributed by atoms with E-state index in [0.717, 1.165) is 31.0 Å². The second-order valence-electron chi connectivity index (χ2n) is 6.41. The minimum Gasteiger partial charge on any atom is -0.371 e. The van der Waals surface area contributed by atoms with Crippen LogP contribution in [0.5, 0.6) is 0 Å². The number of nitrogens with one attached hydrogen (secondary N) is 2. The molecule has 122 valence electrons. The molecule has 22 heavy (non-hydrogen) atoms. The lowest BCUT2D eigenvalue weighted by molar-refractivity contribution is 0.238. The van der Waals surface area contributed by atoms with Gasteiger partial charge < -0.3 is 15.5 Å². The molecule has 1 fully saturated rings. The van der Waals surface area contributed by atoms with Gasteiger partial charge in [-0.25, -0.2) is 4.79 Å². The maximum absolute atomic E-state index is 11.7. The lowest BCUT2D eigenvalue weighted by Gasteiger charge is -2.33. The molecule has 1 aromatic rings. The quantitative estimate of drug-likeness (QED) is 0.871. The van der Waals surface area contributed by atoms with E-state index < -0.39 is 0 Å². The van der Waals surface area contributed by atoms with Gasteiger partial charge >= 0.3 is 6.03 Å². The molecule has 4 nitrogen and oxygen atoms in total. The number of nitrogens with zero attached hydrogens (tertiary/aromatic N) is 1. The number of hydrogen-bond acceptors (Lipinski definition) is 2. The number of carbonyl (C=O) groups is 1. The average molecular weight is 303 g/mol.